The van der Waals surface area contributed by atoms with Gasteiger partial charge in [0, 0.05) is 11.8 Å². The van der Waals surface area contributed by atoms with E-state index in [1.807, 2.05) is 0 Å². The highest BCUT2D eigenvalue weighted by atomic mass is 35.5. The molecule has 0 radical (unpaired) electrons. The molecular weight excluding hydrogens is 307 g/mol. The maximum absolute atomic E-state index is 11.9. The summed E-state index contributed by atoms with van der Waals surface area (Å²) in [5, 5.41) is 15.2. The first-order valence-corrected chi connectivity index (χ1v) is 6.08. The van der Waals surface area contributed by atoms with Crippen molar-refractivity contribution in [3.63, 3.8) is 0 Å². The molecule has 0 aliphatic rings. The van der Waals surface area contributed by atoms with Gasteiger partial charge in [-0.2, -0.15) is 5.10 Å². The predicted octanol–water partition coefficient (Wildman–Crippen LogP) is 1.92. The van der Waals surface area contributed by atoms with Gasteiger partial charge < -0.3 is 10.4 Å². The molecule has 9 heteroatoms. The van der Waals surface area contributed by atoms with Crippen LogP contribution in [0, 0.1) is 0 Å². The van der Waals surface area contributed by atoms with E-state index in [2.05, 4.69) is 15.4 Å². The number of aromatic nitrogens is 3. The molecule has 0 unspecified atom stereocenters. The molecular formula is C11H8Cl2N4O3. The number of nitrogens with one attached hydrogen (secondary N) is 1. The minimum absolute atomic E-state index is 0.101. The number of carboxylic acids is 1. The zero-order chi connectivity index (χ0) is 14.7. The van der Waals surface area contributed by atoms with Crippen LogP contribution in [0.5, 0.6) is 0 Å². The van der Waals surface area contributed by atoms with Gasteiger partial charge in [0.05, 0.1) is 11.9 Å². The van der Waals surface area contributed by atoms with Gasteiger partial charge in [-0.3, -0.25) is 14.3 Å². The lowest BCUT2D eigenvalue weighted by Crippen LogP contribution is -2.12. The number of carbonyl (C=O) groups excluding carboxylic acids is 1. The van der Waals surface area contributed by atoms with Crippen LogP contribution >= 0.6 is 23.2 Å². The SMILES string of the molecule is O=C(O)Cn1cc(NC(=O)c2cc(Cl)nc(Cl)c2)cn1. The second-order valence-electron chi connectivity index (χ2n) is 3.78. The van der Waals surface area contributed by atoms with E-state index in [4.69, 9.17) is 28.3 Å². The molecule has 0 saturated heterocycles. The molecule has 0 aliphatic carbocycles. The highest BCUT2D eigenvalue weighted by Crippen LogP contribution is 2.16. The van der Waals surface area contributed by atoms with E-state index in [1.165, 1.54) is 29.2 Å². The number of nitrogens with zero attached hydrogens (tertiary/aromatic N) is 3. The molecule has 2 aromatic rings. The standard InChI is InChI=1S/C11H8Cl2N4O3/c12-8-1-6(2-9(13)16-8)11(20)15-7-3-14-17(4-7)5-10(18)19/h1-4H,5H2,(H,15,20)(H,18,19). The van der Waals surface area contributed by atoms with Crippen molar-refractivity contribution >= 4 is 40.8 Å². The van der Waals surface area contributed by atoms with Crippen molar-refractivity contribution in [1.82, 2.24) is 14.8 Å². The van der Waals surface area contributed by atoms with Crippen LogP contribution in [0.2, 0.25) is 10.3 Å². The number of halogens is 2. The third-order valence-corrected chi connectivity index (χ3v) is 2.60. The molecule has 0 saturated carbocycles. The number of anilines is 1. The molecule has 0 aromatic carbocycles. The molecule has 1 amide bonds. The summed E-state index contributed by atoms with van der Waals surface area (Å²) in [5.41, 5.74) is 0.598. The number of amides is 1. The summed E-state index contributed by atoms with van der Waals surface area (Å²) in [5.74, 6) is -1.48. The summed E-state index contributed by atoms with van der Waals surface area (Å²) < 4.78 is 1.18. The summed E-state index contributed by atoms with van der Waals surface area (Å²) >= 11 is 11.4. The minimum Gasteiger partial charge on any atom is -0.480 e. The predicted molar refractivity (Wildman–Crippen MR) is 72.1 cm³/mol. The lowest BCUT2D eigenvalue weighted by molar-refractivity contribution is -0.137. The number of hydrogen-bond acceptors (Lipinski definition) is 4. The fraction of sp³-hybridized carbons (Fsp3) is 0.0909. The van der Waals surface area contributed by atoms with Gasteiger partial charge in [0.1, 0.15) is 16.9 Å². The van der Waals surface area contributed by atoms with Gasteiger partial charge in [0.2, 0.25) is 0 Å². The van der Waals surface area contributed by atoms with Gasteiger partial charge in [-0.25, -0.2) is 4.98 Å². The van der Waals surface area contributed by atoms with Crippen LogP contribution in [0.3, 0.4) is 0 Å². The molecule has 2 heterocycles. The van der Waals surface area contributed by atoms with Crippen molar-refractivity contribution in [1.29, 1.82) is 0 Å². The average Bonchev–Trinajstić information content (AvgIpc) is 2.74. The summed E-state index contributed by atoms with van der Waals surface area (Å²) in [6, 6.07) is 2.73. The fourth-order valence-electron chi connectivity index (χ4n) is 1.45. The van der Waals surface area contributed by atoms with Crippen molar-refractivity contribution in [3.8, 4) is 0 Å². The smallest absolute Gasteiger partial charge is 0.325 e. The third kappa shape index (κ3) is 3.69. The molecule has 0 atom stereocenters. The Hall–Kier alpha value is -2.12. The quantitative estimate of drug-likeness (QED) is 0.840. The zero-order valence-corrected chi connectivity index (χ0v) is 11.4. The topological polar surface area (TPSA) is 97.1 Å². The monoisotopic (exact) mass is 314 g/mol. The number of pyridine rings is 1. The van der Waals surface area contributed by atoms with Crippen LogP contribution in [-0.2, 0) is 11.3 Å². The Morgan fingerprint density at radius 1 is 1.30 bits per heavy atom. The summed E-state index contributed by atoms with van der Waals surface area (Å²) in [6.07, 6.45) is 2.74. The van der Waals surface area contributed by atoms with Gasteiger partial charge in [0.25, 0.3) is 5.91 Å². The number of hydrogen-bond donors (Lipinski definition) is 2. The Kier molecular flexibility index (Phi) is 4.21. The molecule has 0 bridgehead atoms. The van der Waals surface area contributed by atoms with Crippen molar-refractivity contribution in [2.24, 2.45) is 0 Å². The summed E-state index contributed by atoms with van der Waals surface area (Å²) in [4.78, 5) is 26.2. The minimum atomic E-state index is -1.03. The maximum atomic E-state index is 11.9. The molecule has 0 aliphatic heterocycles. The first-order chi connectivity index (χ1) is 9.44. The Bertz CT molecular complexity index is 651. The van der Waals surface area contributed by atoms with E-state index >= 15 is 0 Å². The van der Waals surface area contributed by atoms with Gasteiger partial charge in [-0.1, -0.05) is 23.2 Å². The van der Waals surface area contributed by atoms with Gasteiger partial charge in [0.15, 0.2) is 0 Å². The first kappa shape index (κ1) is 14.3. The third-order valence-electron chi connectivity index (χ3n) is 2.21. The summed E-state index contributed by atoms with van der Waals surface area (Å²) in [7, 11) is 0. The Labute approximate surface area is 123 Å². The lowest BCUT2D eigenvalue weighted by atomic mass is 10.2. The molecule has 2 rings (SSSR count). The number of carbonyl (C=O) groups is 2. The normalized spacial score (nSPS) is 10.3. The van der Waals surface area contributed by atoms with Crippen LogP contribution in [0.4, 0.5) is 5.69 Å². The highest BCUT2D eigenvalue weighted by Gasteiger charge is 2.10. The van der Waals surface area contributed by atoms with E-state index in [-0.39, 0.29) is 22.4 Å². The second-order valence-corrected chi connectivity index (χ2v) is 4.55. The zero-order valence-electron chi connectivity index (χ0n) is 9.88. The number of aliphatic carboxylic acids is 1. The Balaban J connectivity index is 2.11. The van der Waals surface area contributed by atoms with Crippen LogP contribution in [-0.4, -0.2) is 31.7 Å². The molecule has 104 valence electrons. The van der Waals surface area contributed by atoms with Crippen molar-refractivity contribution in [2.45, 2.75) is 6.54 Å². The largest absolute Gasteiger partial charge is 0.480 e. The lowest BCUT2D eigenvalue weighted by Gasteiger charge is -2.03. The highest BCUT2D eigenvalue weighted by molar-refractivity contribution is 6.33. The van der Waals surface area contributed by atoms with Crippen LogP contribution in [0.25, 0.3) is 0 Å². The van der Waals surface area contributed by atoms with Crippen molar-refractivity contribution in [2.75, 3.05) is 5.32 Å². The van der Waals surface area contributed by atoms with E-state index in [0.29, 0.717) is 5.69 Å². The van der Waals surface area contributed by atoms with E-state index in [1.54, 1.807) is 0 Å². The van der Waals surface area contributed by atoms with Crippen LogP contribution in [0.15, 0.2) is 24.5 Å². The number of carboxylic acid groups (broad SMARTS) is 1. The van der Waals surface area contributed by atoms with E-state index in [0.717, 1.165) is 0 Å². The molecule has 2 aromatic heterocycles. The molecule has 20 heavy (non-hydrogen) atoms. The van der Waals surface area contributed by atoms with E-state index < -0.39 is 11.9 Å². The Morgan fingerprint density at radius 2 is 1.95 bits per heavy atom. The first-order valence-electron chi connectivity index (χ1n) is 5.33. The summed E-state index contributed by atoms with van der Waals surface area (Å²) in [6.45, 7) is -0.289. The maximum Gasteiger partial charge on any atom is 0.325 e. The number of rotatable bonds is 4. The van der Waals surface area contributed by atoms with Crippen molar-refractivity contribution < 1.29 is 14.7 Å². The van der Waals surface area contributed by atoms with Gasteiger partial charge >= 0.3 is 5.97 Å². The Morgan fingerprint density at radius 3 is 2.55 bits per heavy atom. The molecule has 0 spiro atoms. The molecule has 2 N–H and O–H groups in total. The molecule has 0 fully saturated rings. The second kappa shape index (κ2) is 5.89. The van der Waals surface area contributed by atoms with Gasteiger partial charge in [-0.15, -0.1) is 0 Å². The van der Waals surface area contributed by atoms with Crippen LogP contribution < -0.4 is 5.32 Å². The van der Waals surface area contributed by atoms with Crippen LogP contribution in [0.1, 0.15) is 10.4 Å². The van der Waals surface area contributed by atoms with Gasteiger partial charge in [-0.05, 0) is 12.1 Å². The fourth-order valence-corrected chi connectivity index (χ4v) is 1.91. The van der Waals surface area contributed by atoms with E-state index in [9.17, 15) is 9.59 Å². The van der Waals surface area contributed by atoms with Crippen molar-refractivity contribution in [3.05, 3.63) is 40.4 Å². The molecule has 7 nitrogen and oxygen atoms in total. The average molecular weight is 315 g/mol.